The van der Waals surface area contributed by atoms with E-state index < -0.39 is 6.10 Å². The standard InChI is InChI=1S/C13H20N2O2/c1-10(15-13(17)9-14-2)12(16)8-11-6-4-3-5-7-11/h3-7,10,12,14,16H,8-9H2,1-2H3,(H,15,17). The smallest absolute Gasteiger partial charge is 0.234 e. The quantitative estimate of drug-likeness (QED) is 0.666. The van der Waals surface area contributed by atoms with E-state index in [1.54, 1.807) is 14.0 Å². The third kappa shape index (κ3) is 4.97. The summed E-state index contributed by atoms with van der Waals surface area (Å²) < 4.78 is 0. The molecule has 2 atom stereocenters. The SMILES string of the molecule is CNCC(=O)NC(C)C(O)Cc1ccccc1. The summed E-state index contributed by atoms with van der Waals surface area (Å²) in [5.74, 6) is -0.105. The first-order valence-electron chi connectivity index (χ1n) is 5.79. The van der Waals surface area contributed by atoms with Crippen LogP contribution < -0.4 is 10.6 Å². The van der Waals surface area contributed by atoms with Gasteiger partial charge < -0.3 is 15.7 Å². The zero-order valence-corrected chi connectivity index (χ0v) is 10.3. The van der Waals surface area contributed by atoms with Crippen molar-refractivity contribution in [2.24, 2.45) is 0 Å². The molecule has 0 aliphatic heterocycles. The van der Waals surface area contributed by atoms with Crippen LogP contribution in [0.25, 0.3) is 0 Å². The molecule has 0 spiro atoms. The molecule has 0 aliphatic carbocycles. The van der Waals surface area contributed by atoms with Crippen molar-refractivity contribution in [3.63, 3.8) is 0 Å². The molecule has 0 saturated heterocycles. The summed E-state index contributed by atoms with van der Waals surface area (Å²) in [5, 5.41) is 15.5. The molecule has 2 unspecified atom stereocenters. The molecule has 0 radical (unpaired) electrons. The Bertz CT molecular complexity index is 341. The van der Waals surface area contributed by atoms with Crippen LogP contribution in [0.1, 0.15) is 12.5 Å². The van der Waals surface area contributed by atoms with Gasteiger partial charge in [-0.25, -0.2) is 0 Å². The van der Waals surface area contributed by atoms with Crippen LogP contribution >= 0.6 is 0 Å². The van der Waals surface area contributed by atoms with E-state index in [-0.39, 0.29) is 18.5 Å². The van der Waals surface area contributed by atoms with Crippen molar-refractivity contribution in [3.8, 4) is 0 Å². The molecule has 4 heteroatoms. The molecule has 1 rings (SSSR count). The molecule has 0 bridgehead atoms. The number of nitrogens with one attached hydrogen (secondary N) is 2. The van der Waals surface area contributed by atoms with Crippen molar-refractivity contribution in [1.82, 2.24) is 10.6 Å². The van der Waals surface area contributed by atoms with Gasteiger partial charge >= 0.3 is 0 Å². The van der Waals surface area contributed by atoms with Crippen LogP contribution in [0.4, 0.5) is 0 Å². The van der Waals surface area contributed by atoms with Crippen LogP contribution in [0.3, 0.4) is 0 Å². The lowest BCUT2D eigenvalue weighted by Crippen LogP contribution is -2.44. The Morgan fingerprint density at radius 2 is 2.00 bits per heavy atom. The van der Waals surface area contributed by atoms with E-state index in [0.717, 1.165) is 5.56 Å². The van der Waals surface area contributed by atoms with E-state index in [2.05, 4.69) is 10.6 Å². The van der Waals surface area contributed by atoms with Crippen LogP contribution in [-0.2, 0) is 11.2 Å². The van der Waals surface area contributed by atoms with Crippen LogP contribution in [0.15, 0.2) is 30.3 Å². The van der Waals surface area contributed by atoms with Gasteiger partial charge in [-0.15, -0.1) is 0 Å². The van der Waals surface area contributed by atoms with E-state index in [1.807, 2.05) is 30.3 Å². The fraction of sp³-hybridized carbons (Fsp3) is 0.462. The van der Waals surface area contributed by atoms with E-state index in [1.165, 1.54) is 0 Å². The second-order valence-electron chi connectivity index (χ2n) is 4.14. The van der Waals surface area contributed by atoms with E-state index in [4.69, 9.17) is 0 Å². The van der Waals surface area contributed by atoms with E-state index in [9.17, 15) is 9.90 Å². The monoisotopic (exact) mass is 236 g/mol. The molecular formula is C13H20N2O2. The van der Waals surface area contributed by atoms with Crippen molar-refractivity contribution >= 4 is 5.91 Å². The van der Waals surface area contributed by atoms with Crippen molar-refractivity contribution < 1.29 is 9.90 Å². The fourth-order valence-corrected chi connectivity index (χ4v) is 1.59. The molecule has 0 heterocycles. The number of aliphatic hydroxyl groups is 1. The average Bonchev–Trinajstić information content (AvgIpc) is 2.30. The van der Waals surface area contributed by atoms with Gasteiger partial charge in [-0.05, 0) is 19.5 Å². The zero-order chi connectivity index (χ0) is 12.7. The molecule has 4 nitrogen and oxygen atoms in total. The van der Waals surface area contributed by atoms with Crippen molar-refractivity contribution in [1.29, 1.82) is 0 Å². The Hall–Kier alpha value is -1.39. The number of amides is 1. The molecule has 1 aromatic rings. The number of hydrogen-bond acceptors (Lipinski definition) is 3. The van der Waals surface area contributed by atoms with Crippen LogP contribution in [0.5, 0.6) is 0 Å². The normalized spacial score (nSPS) is 14.1. The third-order valence-corrected chi connectivity index (χ3v) is 2.59. The average molecular weight is 236 g/mol. The molecule has 3 N–H and O–H groups in total. The first-order valence-corrected chi connectivity index (χ1v) is 5.79. The molecule has 0 fully saturated rings. The Labute approximate surface area is 102 Å². The molecular weight excluding hydrogens is 216 g/mol. The molecule has 0 saturated carbocycles. The minimum Gasteiger partial charge on any atom is -0.391 e. The molecule has 0 aliphatic rings. The first-order chi connectivity index (χ1) is 8.13. The van der Waals surface area contributed by atoms with E-state index in [0.29, 0.717) is 6.42 Å². The first kappa shape index (κ1) is 13.7. The third-order valence-electron chi connectivity index (χ3n) is 2.59. The Morgan fingerprint density at radius 1 is 1.35 bits per heavy atom. The minimum absolute atomic E-state index is 0.105. The van der Waals surface area contributed by atoms with Gasteiger partial charge in [0, 0.05) is 6.42 Å². The Kier molecular flexibility index (Phi) is 5.66. The minimum atomic E-state index is -0.571. The predicted molar refractivity (Wildman–Crippen MR) is 67.7 cm³/mol. The van der Waals surface area contributed by atoms with Crippen molar-refractivity contribution in [2.75, 3.05) is 13.6 Å². The molecule has 1 aromatic carbocycles. The highest BCUT2D eigenvalue weighted by molar-refractivity contribution is 5.78. The highest BCUT2D eigenvalue weighted by atomic mass is 16.3. The van der Waals surface area contributed by atoms with Crippen LogP contribution in [-0.4, -0.2) is 36.8 Å². The molecule has 17 heavy (non-hydrogen) atoms. The number of aliphatic hydroxyl groups excluding tert-OH is 1. The van der Waals surface area contributed by atoms with Gasteiger partial charge in [0.05, 0.1) is 18.7 Å². The zero-order valence-electron chi connectivity index (χ0n) is 10.3. The molecule has 94 valence electrons. The number of carbonyl (C=O) groups is 1. The summed E-state index contributed by atoms with van der Waals surface area (Å²) in [6.45, 7) is 2.07. The summed E-state index contributed by atoms with van der Waals surface area (Å²) in [7, 11) is 1.71. The van der Waals surface area contributed by atoms with Crippen LogP contribution in [0, 0.1) is 0 Å². The number of carbonyl (C=O) groups excluding carboxylic acids is 1. The maximum atomic E-state index is 11.3. The largest absolute Gasteiger partial charge is 0.391 e. The van der Waals surface area contributed by atoms with Gasteiger partial charge in [0.25, 0.3) is 0 Å². The van der Waals surface area contributed by atoms with Gasteiger partial charge in [0.1, 0.15) is 0 Å². The Balaban J connectivity index is 2.42. The summed E-state index contributed by atoms with van der Waals surface area (Å²) in [4.78, 5) is 11.3. The summed E-state index contributed by atoms with van der Waals surface area (Å²) in [6, 6.07) is 9.49. The highest BCUT2D eigenvalue weighted by Crippen LogP contribution is 2.05. The highest BCUT2D eigenvalue weighted by Gasteiger charge is 2.16. The molecule has 0 aromatic heterocycles. The number of rotatable bonds is 6. The lowest BCUT2D eigenvalue weighted by molar-refractivity contribution is -0.121. The lowest BCUT2D eigenvalue weighted by atomic mass is 10.0. The van der Waals surface area contributed by atoms with Gasteiger partial charge in [0.15, 0.2) is 0 Å². The fourth-order valence-electron chi connectivity index (χ4n) is 1.59. The second-order valence-corrected chi connectivity index (χ2v) is 4.14. The second kappa shape index (κ2) is 7.04. The maximum absolute atomic E-state index is 11.3. The summed E-state index contributed by atoms with van der Waals surface area (Å²) in [6.07, 6.45) is -0.0276. The lowest BCUT2D eigenvalue weighted by Gasteiger charge is -2.20. The van der Waals surface area contributed by atoms with Crippen molar-refractivity contribution in [2.45, 2.75) is 25.5 Å². The summed E-state index contributed by atoms with van der Waals surface area (Å²) in [5.41, 5.74) is 1.06. The summed E-state index contributed by atoms with van der Waals surface area (Å²) >= 11 is 0. The maximum Gasteiger partial charge on any atom is 0.234 e. The van der Waals surface area contributed by atoms with Gasteiger partial charge in [-0.1, -0.05) is 30.3 Å². The topological polar surface area (TPSA) is 61.4 Å². The molecule has 1 amide bonds. The van der Waals surface area contributed by atoms with Gasteiger partial charge in [-0.3, -0.25) is 4.79 Å². The van der Waals surface area contributed by atoms with Gasteiger partial charge in [-0.2, -0.15) is 0 Å². The van der Waals surface area contributed by atoms with Crippen LogP contribution in [0.2, 0.25) is 0 Å². The number of hydrogen-bond donors (Lipinski definition) is 3. The number of likely N-dealkylation sites (N-methyl/N-ethyl adjacent to an activating group) is 1. The van der Waals surface area contributed by atoms with Crippen molar-refractivity contribution in [3.05, 3.63) is 35.9 Å². The number of benzene rings is 1. The Morgan fingerprint density at radius 3 is 2.59 bits per heavy atom. The van der Waals surface area contributed by atoms with Gasteiger partial charge in [0.2, 0.25) is 5.91 Å². The van der Waals surface area contributed by atoms with E-state index >= 15 is 0 Å². The predicted octanol–water partition coefficient (Wildman–Crippen LogP) is 0.314.